The Balaban J connectivity index is 1.40. The molecule has 0 radical (unpaired) electrons. The number of nitrogens with one attached hydrogen (secondary N) is 2. The predicted octanol–water partition coefficient (Wildman–Crippen LogP) is 3.07. The van der Waals surface area contributed by atoms with Gasteiger partial charge in [-0.2, -0.15) is 0 Å². The summed E-state index contributed by atoms with van der Waals surface area (Å²) in [6.07, 6.45) is 8.14. The maximum absolute atomic E-state index is 12.9. The number of carbonyl (C=O) groups excluding carboxylic acids is 2. The molecule has 1 aromatic heterocycles. The largest absolute Gasteiger partial charge is 0.374 e. The van der Waals surface area contributed by atoms with Gasteiger partial charge in [0.25, 0.3) is 5.91 Å². The molecule has 4 rings (SSSR count). The summed E-state index contributed by atoms with van der Waals surface area (Å²) in [7, 11) is 0. The van der Waals surface area contributed by atoms with Crippen molar-refractivity contribution in [3.05, 3.63) is 42.0 Å². The second-order valence-electron chi connectivity index (χ2n) is 7.56. The van der Waals surface area contributed by atoms with Crippen LogP contribution in [0.25, 0.3) is 0 Å². The van der Waals surface area contributed by atoms with E-state index in [1.54, 1.807) is 6.07 Å². The number of aromatic nitrogens is 2. The summed E-state index contributed by atoms with van der Waals surface area (Å²) in [5, 5.41) is 5.88. The van der Waals surface area contributed by atoms with E-state index in [4.69, 9.17) is 0 Å². The van der Waals surface area contributed by atoms with Crippen molar-refractivity contribution < 1.29 is 9.59 Å². The molecule has 2 amide bonds. The van der Waals surface area contributed by atoms with Crippen LogP contribution in [0.5, 0.6) is 0 Å². The molecule has 1 fully saturated rings. The molecule has 1 saturated heterocycles. The molecule has 0 spiro atoms. The Kier molecular flexibility index (Phi) is 5.32. The van der Waals surface area contributed by atoms with E-state index < -0.39 is 0 Å². The monoisotopic (exact) mass is 381 g/mol. The Labute approximate surface area is 165 Å². The molecule has 7 heteroatoms. The maximum atomic E-state index is 12.9. The highest BCUT2D eigenvalue weighted by molar-refractivity contribution is 6.03. The van der Waals surface area contributed by atoms with Crippen molar-refractivity contribution in [2.45, 2.75) is 45.1 Å². The van der Waals surface area contributed by atoms with Crippen molar-refractivity contribution >= 4 is 23.2 Å². The second kappa shape index (κ2) is 8.04. The van der Waals surface area contributed by atoms with Crippen LogP contribution in [0.2, 0.25) is 0 Å². The summed E-state index contributed by atoms with van der Waals surface area (Å²) in [6.45, 7) is 4.93. The van der Waals surface area contributed by atoms with E-state index in [-0.39, 0.29) is 18.4 Å². The molecule has 2 N–H and O–H groups in total. The number of imidazole rings is 1. The van der Waals surface area contributed by atoms with Crippen LogP contribution in [0.4, 0.5) is 11.4 Å². The third-order valence-corrected chi connectivity index (χ3v) is 5.63. The Bertz CT molecular complexity index is 867. The van der Waals surface area contributed by atoms with Gasteiger partial charge in [-0.05, 0) is 37.5 Å². The molecule has 148 valence electrons. The third-order valence-electron chi connectivity index (χ3n) is 5.63. The fourth-order valence-corrected chi connectivity index (χ4v) is 4.03. The highest BCUT2D eigenvalue weighted by Crippen LogP contribution is 2.30. The number of hydrogen-bond acceptors (Lipinski definition) is 4. The van der Waals surface area contributed by atoms with E-state index in [0.29, 0.717) is 17.2 Å². The average molecular weight is 381 g/mol. The number of anilines is 2. The number of aryl methyl sites for hydroxylation is 1. The van der Waals surface area contributed by atoms with E-state index in [9.17, 15) is 9.59 Å². The highest BCUT2D eigenvalue weighted by atomic mass is 16.2. The van der Waals surface area contributed by atoms with Crippen LogP contribution in [-0.4, -0.2) is 45.9 Å². The Morgan fingerprint density at radius 3 is 2.86 bits per heavy atom. The SMILES string of the molecule is CCCCn1ccnc1C1CCN(C(=O)c2ccc3c(c2)NC(=O)CN3)CC1. The standard InChI is InChI=1S/C21H27N5O2/c1-2-3-9-25-12-8-22-20(25)15-6-10-26(11-7-15)21(28)16-4-5-17-18(13-16)24-19(27)14-23-17/h4-5,8,12-13,15,23H,2-3,6-7,9-11,14H2,1H3,(H,24,27). The maximum Gasteiger partial charge on any atom is 0.253 e. The van der Waals surface area contributed by atoms with Crippen molar-refractivity contribution in [2.24, 2.45) is 0 Å². The molecule has 2 aliphatic heterocycles. The van der Waals surface area contributed by atoms with E-state index in [1.807, 2.05) is 23.2 Å². The third kappa shape index (κ3) is 3.74. The van der Waals surface area contributed by atoms with Gasteiger partial charge in [0.15, 0.2) is 0 Å². The molecular weight excluding hydrogens is 354 g/mol. The predicted molar refractivity (Wildman–Crippen MR) is 109 cm³/mol. The molecule has 2 aliphatic rings. The van der Waals surface area contributed by atoms with Crippen LogP contribution < -0.4 is 10.6 Å². The number of unbranched alkanes of at least 4 members (excludes halogenated alkanes) is 1. The van der Waals surface area contributed by atoms with Gasteiger partial charge in [-0.1, -0.05) is 13.3 Å². The summed E-state index contributed by atoms with van der Waals surface area (Å²) in [5.41, 5.74) is 2.15. The zero-order valence-electron chi connectivity index (χ0n) is 16.3. The van der Waals surface area contributed by atoms with Gasteiger partial charge >= 0.3 is 0 Å². The molecule has 2 aromatic rings. The van der Waals surface area contributed by atoms with Gasteiger partial charge in [0, 0.05) is 43.5 Å². The summed E-state index contributed by atoms with van der Waals surface area (Å²) < 4.78 is 2.27. The Hall–Kier alpha value is -2.83. The number of hydrogen-bond donors (Lipinski definition) is 2. The molecular formula is C21H27N5O2. The van der Waals surface area contributed by atoms with Crippen molar-refractivity contribution in [1.29, 1.82) is 0 Å². The average Bonchev–Trinajstić information content (AvgIpc) is 3.19. The van der Waals surface area contributed by atoms with Gasteiger partial charge < -0.3 is 20.1 Å². The number of carbonyl (C=O) groups is 2. The molecule has 7 nitrogen and oxygen atoms in total. The van der Waals surface area contributed by atoms with E-state index in [1.165, 1.54) is 6.42 Å². The van der Waals surface area contributed by atoms with Crippen molar-refractivity contribution in [1.82, 2.24) is 14.5 Å². The van der Waals surface area contributed by atoms with Crippen molar-refractivity contribution in [3.63, 3.8) is 0 Å². The van der Waals surface area contributed by atoms with Crippen LogP contribution in [0.15, 0.2) is 30.6 Å². The Morgan fingerprint density at radius 2 is 2.07 bits per heavy atom. The topological polar surface area (TPSA) is 79.3 Å². The molecule has 1 aromatic carbocycles. The van der Waals surface area contributed by atoms with Gasteiger partial charge in [-0.15, -0.1) is 0 Å². The van der Waals surface area contributed by atoms with Crippen molar-refractivity contribution in [3.8, 4) is 0 Å². The first-order chi connectivity index (χ1) is 13.7. The van der Waals surface area contributed by atoms with Gasteiger partial charge in [0.05, 0.1) is 17.9 Å². The lowest BCUT2D eigenvalue weighted by molar-refractivity contribution is -0.114. The number of piperidine rings is 1. The molecule has 0 bridgehead atoms. The van der Waals surface area contributed by atoms with Crippen LogP contribution in [0, 0.1) is 0 Å². The number of benzene rings is 1. The van der Waals surface area contributed by atoms with E-state index >= 15 is 0 Å². The number of likely N-dealkylation sites (tertiary alicyclic amines) is 1. The van der Waals surface area contributed by atoms with Gasteiger partial charge in [0.1, 0.15) is 5.82 Å². The van der Waals surface area contributed by atoms with Crippen LogP contribution in [-0.2, 0) is 11.3 Å². The minimum atomic E-state index is -0.0866. The molecule has 0 aliphatic carbocycles. The fraction of sp³-hybridized carbons (Fsp3) is 0.476. The van der Waals surface area contributed by atoms with Crippen molar-refractivity contribution in [2.75, 3.05) is 30.3 Å². The highest BCUT2D eigenvalue weighted by Gasteiger charge is 2.27. The molecule has 0 saturated carbocycles. The lowest BCUT2D eigenvalue weighted by Gasteiger charge is -2.32. The summed E-state index contributed by atoms with van der Waals surface area (Å²) in [5.74, 6) is 1.50. The number of amides is 2. The minimum Gasteiger partial charge on any atom is -0.374 e. The number of nitrogens with zero attached hydrogens (tertiary/aromatic N) is 3. The van der Waals surface area contributed by atoms with Gasteiger partial charge in [0.2, 0.25) is 5.91 Å². The number of rotatable bonds is 5. The summed E-state index contributed by atoms with van der Waals surface area (Å²) in [6, 6.07) is 5.46. The first-order valence-electron chi connectivity index (χ1n) is 10.1. The van der Waals surface area contributed by atoms with Crippen LogP contribution in [0.3, 0.4) is 0 Å². The first kappa shape index (κ1) is 18.5. The smallest absolute Gasteiger partial charge is 0.253 e. The zero-order chi connectivity index (χ0) is 19.5. The normalized spacial score (nSPS) is 17.0. The molecule has 28 heavy (non-hydrogen) atoms. The summed E-state index contributed by atoms with van der Waals surface area (Å²) >= 11 is 0. The quantitative estimate of drug-likeness (QED) is 0.834. The van der Waals surface area contributed by atoms with E-state index in [0.717, 1.165) is 50.4 Å². The van der Waals surface area contributed by atoms with Gasteiger partial charge in [-0.3, -0.25) is 9.59 Å². The van der Waals surface area contributed by atoms with Gasteiger partial charge in [-0.25, -0.2) is 4.98 Å². The molecule has 0 atom stereocenters. The first-order valence-corrected chi connectivity index (χ1v) is 10.1. The molecule has 0 unspecified atom stereocenters. The van der Waals surface area contributed by atoms with E-state index in [2.05, 4.69) is 33.3 Å². The zero-order valence-corrected chi connectivity index (χ0v) is 16.3. The lowest BCUT2D eigenvalue weighted by atomic mass is 9.95. The summed E-state index contributed by atoms with van der Waals surface area (Å²) in [4.78, 5) is 31.0. The minimum absolute atomic E-state index is 0.0235. The molecule has 3 heterocycles. The fourth-order valence-electron chi connectivity index (χ4n) is 4.03. The van der Waals surface area contributed by atoms with Crippen LogP contribution >= 0.6 is 0 Å². The Morgan fingerprint density at radius 1 is 1.25 bits per heavy atom. The number of fused-ring (bicyclic) bond motifs is 1. The second-order valence-corrected chi connectivity index (χ2v) is 7.56. The van der Waals surface area contributed by atoms with Crippen LogP contribution in [0.1, 0.15) is 54.7 Å². The lowest BCUT2D eigenvalue weighted by Crippen LogP contribution is -2.38.